The zero-order valence-electron chi connectivity index (χ0n) is 13.3. The zero-order valence-corrected chi connectivity index (χ0v) is 14.1. The number of carbonyl (C=O) groups is 1. The minimum atomic E-state index is -0.425. The number of aromatic nitrogens is 3. The lowest BCUT2D eigenvalue weighted by atomic mass is 10.1. The lowest BCUT2D eigenvalue weighted by molar-refractivity contribution is -0.131. The van der Waals surface area contributed by atoms with Gasteiger partial charge in [-0.25, -0.2) is 0 Å². The van der Waals surface area contributed by atoms with Gasteiger partial charge in [-0.15, -0.1) is 0 Å². The highest BCUT2D eigenvalue weighted by molar-refractivity contribution is 8.00. The quantitative estimate of drug-likeness (QED) is 0.815. The van der Waals surface area contributed by atoms with Crippen molar-refractivity contribution in [3.8, 4) is 0 Å². The van der Waals surface area contributed by atoms with Crippen molar-refractivity contribution in [3.05, 3.63) is 35.9 Å². The largest absolute Gasteiger partial charge is 0.368 e. The normalized spacial score (nSPS) is 15.9. The molecule has 1 fully saturated rings. The number of piperidine rings is 1. The fourth-order valence-corrected chi connectivity index (χ4v) is 3.76. The molecule has 1 amide bonds. The molecule has 0 radical (unpaired) electrons. The first kappa shape index (κ1) is 16.5. The van der Waals surface area contributed by atoms with Crippen LogP contribution in [0.25, 0.3) is 0 Å². The van der Waals surface area contributed by atoms with Gasteiger partial charge in [0.25, 0.3) is 0 Å². The molecule has 2 aromatic rings. The van der Waals surface area contributed by atoms with Gasteiger partial charge in [-0.1, -0.05) is 42.1 Å². The Hall–Kier alpha value is -2.35. The maximum absolute atomic E-state index is 13.0. The molecule has 24 heavy (non-hydrogen) atoms. The molecule has 7 nitrogen and oxygen atoms in total. The van der Waals surface area contributed by atoms with Crippen LogP contribution in [-0.4, -0.2) is 38.8 Å². The highest BCUT2D eigenvalue weighted by atomic mass is 32.2. The Labute approximate surface area is 144 Å². The van der Waals surface area contributed by atoms with Gasteiger partial charge in [0.05, 0.1) is 0 Å². The molecule has 1 aromatic heterocycles. The summed E-state index contributed by atoms with van der Waals surface area (Å²) in [6, 6.07) is 9.64. The van der Waals surface area contributed by atoms with E-state index in [4.69, 9.17) is 11.5 Å². The first-order valence-corrected chi connectivity index (χ1v) is 8.79. The van der Waals surface area contributed by atoms with Gasteiger partial charge in [-0.3, -0.25) is 4.79 Å². The summed E-state index contributed by atoms with van der Waals surface area (Å²) in [7, 11) is 0. The third-order valence-corrected chi connectivity index (χ3v) is 4.97. The van der Waals surface area contributed by atoms with Crippen LogP contribution in [0.2, 0.25) is 0 Å². The number of anilines is 2. The van der Waals surface area contributed by atoms with Crippen molar-refractivity contribution in [1.29, 1.82) is 0 Å². The molecular weight excluding hydrogens is 324 g/mol. The van der Waals surface area contributed by atoms with E-state index in [1.54, 1.807) is 0 Å². The highest BCUT2D eigenvalue weighted by Crippen LogP contribution is 2.35. The van der Waals surface area contributed by atoms with E-state index in [-0.39, 0.29) is 17.8 Å². The number of amides is 1. The Morgan fingerprint density at radius 2 is 1.62 bits per heavy atom. The average molecular weight is 344 g/mol. The summed E-state index contributed by atoms with van der Waals surface area (Å²) in [6.45, 7) is 1.59. The number of hydrogen-bond acceptors (Lipinski definition) is 7. The van der Waals surface area contributed by atoms with Crippen LogP contribution in [-0.2, 0) is 4.79 Å². The molecule has 0 saturated carbocycles. The summed E-state index contributed by atoms with van der Waals surface area (Å²) < 4.78 is 0. The predicted molar refractivity (Wildman–Crippen MR) is 94.1 cm³/mol. The van der Waals surface area contributed by atoms with E-state index in [1.807, 2.05) is 35.2 Å². The predicted octanol–water partition coefficient (Wildman–Crippen LogP) is 1.88. The fourth-order valence-electron chi connectivity index (χ4n) is 2.72. The Bertz CT molecular complexity index is 685. The smallest absolute Gasteiger partial charge is 0.240 e. The van der Waals surface area contributed by atoms with E-state index in [0.717, 1.165) is 31.5 Å². The van der Waals surface area contributed by atoms with Gasteiger partial charge in [0.15, 0.2) is 5.16 Å². The number of benzene rings is 1. The number of hydrogen-bond donors (Lipinski definition) is 2. The van der Waals surface area contributed by atoms with Gasteiger partial charge in [0.2, 0.25) is 17.8 Å². The second-order valence-corrected chi connectivity index (χ2v) is 6.70. The molecule has 1 aliphatic rings. The van der Waals surface area contributed by atoms with E-state index >= 15 is 0 Å². The Kier molecular flexibility index (Phi) is 5.14. The topological polar surface area (TPSA) is 111 Å². The first-order valence-electron chi connectivity index (χ1n) is 7.91. The molecule has 2 heterocycles. The SMILES string of the molecule is Nc1nc(N)nc(S[C@@H](C(=O)N2CCCCC2)c2ccccc2)n1. The number of nitrogen functional groups attached to an aromatic ring is 2. The summed E-state index contributed by atoms with van der Waals surface area (Å²) >= 11 is 1.26. The standard InChI is InChI=1S/C16H20N6OS/c17-14-19-15(18)21-16(20-14)24-12(11-7-3-1-4-8-11)13(23)22-9-5-2-6-10-22/h1,3-4,7-8,12H,2,5-6,9-10H2,(H4,17,18,19,20,21)/t12-/m1/s1. The van der Waals surface area contributed by atoms with Crippen molar-refractivity contribution in [1.82, 2.24) is 19.9 Å². The van der Waals surface area contributed by atoms with Gasteiger partial charge in [-0.05, 0) is 24.8 Å². The molecule has 0 aliphatic carbocycles. The van der Waals surface area contributed by atoms with Crippen LogP contribution in [0.3, 0.4) is 0 Å². The number of carbonyl (C=O) groups excluding carboxylic acids is 1. The molecular formula is C16H20N6OS. The number of nitrogens with two attached hydrogens (primary N) is 2. The van der Waals surface area contributed by atoms with Crippen molar-refractivity contribution in [2.75, 3.05) is 24.6 Å². The van der Waals surface area contributed by atoms with Crippen LogP contribution in [0.15, 0.2) is 35.5 Å². The minimum Gasteiger partial charge on any atom is -0.368 e. The van der Waals surface area contributed by atoms with Gasteiger partial charge >= 0.3 is 0 Å². The van der Waals surface area contributed by atoms with Crippen LogP contribution in [0.1, 0.15) is 30.1 Å². The van der Waals surface area contributed by atoms with E-state index in [9.17, 15) is 4.79 Å². The number of rotatable bonds is 4. The lowest BCUT2D eigenvalue weighted by Crippen LogP contribution is -2.38. The Morgan fingerprint density at radius 3 is 2.25 bits per heavy atom. The molecule has 3 rings (SSSR count). The van der Waals surface area contributed by atoms with Crippen molar-refractivity contribution in [2.24, 2.45) is 0 Å². The zero-order chi connectivity index (χ0) is 16.9. The van der Waals surface area contributed by atoms with Gasteiger partial charge in [-0.2, -0.15) is 15.0 Å². The molecule has 0 bridgehead atoms. The second-order valence-electron chi connectivity index (χ2n) is 5.63. The monoisotopic (exact) mass is 344 g/mol. The van der Waals surface area contributed by atoms with Gasteiger partial charge in [0.1, 0.15) is 5.25 Å². The van der Waals surface area contributed by atoms with Crippen LogP contribution >= 0.6 is 11.8 Å². The van der Waals surface area contributed by atoms with Crippen molar-refractivity contribution >= 4 is 29.6 Å². The summed E-state index contributed by atoms with van der Waals surface area (Å²) in [4.78, 5) is 26.9. The third-order valence-electron chi connectivity index (χ3n) is 3.87. The molecule has 8 heteroatoms. The van der Waals surface area contributed by atoms with E-state index < -0.39 is 5.25 Å². The van der Waals surface area contributed by atoms with Crippen LogP contribution in [0, 0.1) is 0 Å². The highest BCUT2D eigenvalue weighted by Gasteiger charge is 2.29. The van der Waals surface area contributed by atoms with E-state index in [2.05, 4.69) is 15.0 Å². The van der Waals surface area contributed by atoms with Crippen molar-refractivity contribution in [3.63, 3.8) is 0 Å². The maximum atomic E-state index is 13.0. The molecule has 1 saturated heterocycles. The molecule has 0 spiro atoms. The van der Waals surface area contributed by atoms with E-state index in [1.165, 1.54) is 18.2 Å². The fraction of sp³-hybridized carbons (Fsp3) is 0.375. The summed E-state index contributed by atoms with van der Waals surface area (Å²) in [5.74, 6) is 0.188. The lowest BCUT2D eigenvalue weighted by Gasteiger charge is -2.30. The Balaban J connectivity index is 1.88. The Morgan fingerprint density at radius 1 is 1.00 bits per heavy atom. The molecule has 4 N–H and O–H groups in total. The molecule has 126 valence electrons. The van der Waals surface area contributed by atoms with Crippen LogP contribution in [0.4, 0.5) is 11.9 Å². The van der Waals surface area contributed by atoms with Crippen molar-refractivity contribution < 1.29 is 4.79 Å². The minimum absolute atomic E-state index is 0.0576. The molecule has 1 aliphatic heterocycles. The van der Waals surface area contributed by atoms with Crippen molar-refractivity contribution in [2.45, 2.75) is 29.7 Å². The van der Waals surface area contributed by atoms with Gasteiger partial charge in [0, 0.05) is 13.1 Å². The van der Waals surface area contributed by atoms with E-state index in [0.29, 0.717) is 5.16 Å². The average Bonchev–Trinajstić information content (AvgIpc) is 2.60. The third kappa shape index (κ3) is 3.94. The molecule has 0 unspecified atom stereocenters. The second kappa shape index (κ2) is 7.48. The number of thioether (sulfide) groups is 1. The maximum Gasteiger partial charge on any atom is 0.240 e. The van der Waals surface area contributed by atoms with Crippen LogP contribution in [0.5, 0.6) is 0 Å². The molecule has 1 aromatic carbocycles. The summed E-state index contributed by atoms with van der Waals surface area (Å²) in [5.41, 5.74) is 12.2. The number of likely N-dealkylation sites (tertiary alicyclic amines) is 1. The summed E-state index contributed by atoms with van der Waals surface area (Å²) in [5, 5.41) is -0.0651. The molecule has 1 atom stereocenters. The number of nitrogens with zero attached hydrogens (tertiary/aromatic N) is 4. The first-order chi connectivity index (χ1) is 11.6. The van der Waals surface area contributed by atoms with Gasteiger partial charge < -0.3 is 16.4 Å². The van der Waals surface area contributed by atoms with Crippen LogP contribution < -0.4 is 11.5 Å². The summed E-state index contributed by atoms with van der Waals surface area (Å²) in [6.07, 6.45) is 3.26.